The maximum Gasteiger partial charge on any atom is 0.302 e. The summed E-state index contributed by atoms with van der Waals surface area (Å²) in [5, 5.41) is 0. The molecule has 2 unspecified atom stereocenters. The third-order valence-corrected chi connectivity index (χ3v) is 3.20. The monoisotopic (exact) mass is 230 g/mol. The van der Waals surface area contributed by atoms with Crippen LogP contribution in [0.1, 0.15) is 46.5 Å². The van der Waals surface area contributed by atoms with Gasteiger partial charge < -0.3 is 9.47 Å². The molecular weight excluding hydrogens is 204 g/mol. The minimum absolute atomic E-state index is 0.181. The molecule has 0 spiro atoms. The van der Waals surface area contributed by atoms with E-state index in [4.69, 9.17) is 9.47 Å². The topological polar surface area (TPSA) is 35.5 Å². The number of carbonyl (C=O) groups is 1. The van der Waals surface area contributed by atoms with Crippen molar-refractivity contribution in [1.29, 1.82) is 0 Å². The lowest BCUT2D eigenvalue weighted by molar-refractivity contribution is -0.141. The van der Waals surface area contributed by atoms with Crippen LogP contribution in [0.2, 0.25) is 0 Å². The van der Waals surface area contributed by atoms with Crippen LogP contribution in [0.15, 0.2) is 0 Å². The quantitative estimate of drug-likeness (QED) is 0.571. The summed E-state index contributed by atoms with van der Waals surface area (Å²) in [6.07, 6.45) is 4.38. The van der Waals surface area contributed by atoms with E-state index in [0.29, 0.717) is 18.4 Å². The van der Waals surface area contributed by atoms with Crippen LogP contribution >= 0.6 is 0 Å². The molecule has 0 saturated heterocycles. The van der Waals surface area contributed by atoms with Gasteiger partial charge in [0.1, 0.15) is 0 Å². The Morgan fingerprint density at radius 2 is 1.56 bits per heavy atom. The van der Waals surface area contributed by atoms with E-state index in [-0.39, 0.29) is 5.97 Å². The van der Waals surface area contributed by atoms with Gasteiger partial charge in [0.05, 0.1) is 6.61 Å². The van der Waals surface area contributed by atoms with Gasteiger partial charge in [0.2, 0.25) is 0 Å². The Labute approximate surface area is 99.5 Å². The van der Waals surface area contributed by atoms with Crippen LogP contribution in [-0.4, -0.2) is 26.3 Å². The SMILES string of the molecule is CCC(CCOC)C(CC)CCOC(C)=O. The first-order valence-corrected chi connectivity index (χ1v) is 6.27. The molecule has 0 radical (unpaired) electrons. The van der Waals surface area contributed by atoms with Gasteiger partial charge in [0.25, 0.3) is 0 Å². The molecule has 16 heavy (non-hydrogen) atoms. The van der Waals surface area contributed by atoms with Crippen molar-refractivity contribution in [1.82, 2.24) is 0 Å². The number of carbonyl (C=O) groups excluding carboxylic acids is 1. The standard InChI is InChI=1S/C13H26O3/c1-5-12(7-9-15-4)13(6-2)8-10-16-11(3)14/h12-13H,5-10H2,1-4H3. The molecule has 0 aromatic heterocycles. The molecular formula is C13H26O3. The van der Waals surface area contributed by atoms with Crippen molar-refractivity contribution in [3.05, 3.63) is 0 Å². The van der Waals surface area contributed by atoms with Crippen molar-refractivity contribution < 1.29 is 14.3 Å². The van der Waals surface area contributed by atoms with E-state index in [2.05, 4.69) is 13.8 Å². The minimum Gasteiger partial charge on any atom is -0.466 e. The van der Waals surface area contributed by atoms with Gasteiger partial charge in [-0.3, -0.25) is 4.79 Å². The molecule has 0 aromatic rings. The summed E-state index contributed by atoms with van der Waals surface area (Å²) in [5.41, 5.74) is 0. The molecule has 0 N–H and O–H groups in total. The predicted octanol–water partition coefficient (Wildman–Crippen LogP) is 3.03. The van der Waals surface area contributed by atoms with Gasteiger partial charge >= 0.3 is 5.97 Å². The van der Waals surface area contributed by atoms with Crippen LogP contribution in [0.3, 0.4) is 0 Å². The number of rotatable bonds is 9. The lowest BCUT2D eigenvalue weighted by Gasteiger charge is -2.24. The molecule has 0 aromatic carbocycles. The molecule has 0 fully saturated rings. The summed E-state index contributed by atoms with van der Waals surface area (Å²) in [6, 6.07) is 0. The largest absolute Gasteiger partial charge is 0.466 e. The summed E-state index contributed by atoms with van der Waals surface area (Å²) >= 11 is 0. The second kappa shape index (κ2) is 9.64. The Kier molecular flexibility index (Phi) is 9.30. The van der Waals surface area contributed by atoms with Gasteiger partial charge in [-0.25, -0.2) is 0 Å². The van der Waals surface area contributed by atoms with Gasteiger partial charge in [-0.2, -0.15) is 0 Å². The number of hydrogen-bond acceptors (Lipinski definition) is 3. The van der Waals surface area contributed by atoms with E-state index < -0.39 is 0 Å². The number of esters is 1. The Morgan fingerprint density at radius 3 is 1.94 bits per heavy atom. The molecule has 0 rings (SSSR count). The Balaban J connectivity index is 3.95. The fourth-order valence-corrected chi connectivity index (χ4v) is 2.17. The molecule has 3 nitrogen and oxygen atoms in total. The van der Waals surface area contributed by atoms with Crippen LogP contribution in [-0.2, 0) is 14.3 Å². The summed E-state index contributed by atoms with van der Waals surface area (Å²) in [6.45, 7) is 7.26. The second-order valence-corrected chi connectivity index (χ2v) is 4.25. The van der Waals surface area contributed by atoms with E-state index in [1.807, 2.05) is 0 Å². The first-order valence-electron chi connectivity index (χ1n) is 6.27. The average molecular weight is 230 g/mol. The number of methoxy groups -OCH3 is 1. The molecule has 0 aliphatic rings. The maximum absolute atomic E-state index is 10.7. The van der Waals surface area contributed by atoms with Crippen LogP contribution in [0.25, 0.3) is 0 Å². The first kappa shape index (κ1) is 15.4. The van der Waals surface area contributed by atoms with E-state index in [0.717, 1.165) is 25.9 Å². The van der Waals surface area contributed by atoms with Crippen molar-refractivity contribution in [3.8, 4) is 0 Å². The molecule has 0 heterocycles. The Bertz CT molecular complexity index is 180. The summed E-state index contributed by atoms with van der Waals surface area (Å²) in [7, 11) is 1.74. The minimum atomic E-state index is -0.181. The molecule has 96 valence electrons. The summed E-state index contributed by atoms with van der Waals surface area (Å²) in [4.78, 5) is 10.7. The van der Waals surface area contributed by atoms with Crippen molar-refractivity contribution in [3.63, 3.8) is 0 Å². The fourth-order valence-electron chi connectivity index (χ4n) is 2.17. The van der Waals surface area contributed by atoms with Crippen molar-refractivity contribution in [2.45, 2.75) is 46.5 Å². The Morgan fingerprint density at radius 1 is 1.06 bits per heavy atom. The van der Waals surface area contributed by atoms with Crippen LogP contribution in [0, 0.1) is 11.8 Å². The number of ether oxygens (including phenoxy) is 2. The highest BCUT2D eigenvalue weighted by Crippen LogP contribution is 2.25. The van der Waals surface area contributed by atoms with E-state index in [9.17, 15) is 4.79 Å². The third-order valence-electron chi connectivity index (χ3n) is 3.20. The van der Waals surface area contributed by atoms with Gasteiger partial charge in [-0.15, -0.1) is 0 Å². The highest BCUT2D eigenvalue weighted by molar-refractivity contribution is 5.65. The summed E-state index contributed by atoms with van der Waals surface area (Å²) < 4.78 is 10.1. The van der Waals surface area contributed by atoms with Gasteiger partial charge in [-0.1, -0.05) is 26.7 Å². The molecule has 3 heteroatoms. The van der Waals surface area contributed by atoms with Crippen molar-refractivity contribution >= 4 is 5.97 Å². The van der Waals surface area contributed by atoms with Crippen molar-refractivity contribution in [2.75, 3.05) is 20.3 Å². The van der Waals surface area contributed by atoms with Gasteiger partial charge in [-0.05, 0) is 24.7 Å². The Hall–Kier alpha value is -0.570. The fraction of sp³-hybridized carbons (Fsp3) is 0.923. The molecule has 2 atom stereocenters. The summed E-state index contributed by atoms with van der Waals surface area (Å²) in [5.74, 6) is 1.14. The van der Waals surface area contributed by atoms with Crippen molar-refractivity contribution in [2.24, 2.45) is 11.8 Å². The highest BCUT2D eigenvalue weighted by Gasteiger charge is 2.18. The molecule has 0 aliphatic carbocycles. The first-order chi connectivity index (χ1) is 7.65. The molecule has 0 saturated carbocycles. The lowest BCUT2D eigenvalue weighted by Crippen LogP contribution is -2.18. The van der Waals surface area contributed by atoms with E-state index in [1.54, 1.807) is 7.11 Å². The van der Waals surface area contributed by atoms with Crippen LogP contribution in [0.4, 0.5) is 0 Å². The second-order valence-electron chi connectivity index (χ2n) is 4.25. The maximum atomic E-state index is 10.7. The molecule has 0 amide bonds. The van der Waals surface area contributed by atoms with E-state index >= 15 is 0 Å². The van der Waals surface area contributed by atoms with Crippen LogP contribution < -0.4 is 0 Å². The van der Waals surface area contributed by atoms with Crippen LogP contribution in [0.5, 0.6) is 0 Å². The van der Waals surface area contributed by atoms with Gasteiger partial charge in [0, 0.05) is 20.6 Å². The molecule has 0 bridgehead atoms. The smallest absolute Gasteiger partial charge is 0.302 e. The molecule has 0 aliphatic heterocycles. The van der Waals surface area contributed by atoms with Gasteiger partial charge in [0.15, 0.2) is 0 Å². The van der Waals surface area contributed by atoms with E-state index in [1.165, 1.54) is 13.3 Å². The predicted molar refractivity (Wildman–Crippen MR) is 65.3 cm³/mol. The zero-order chi connectivity index (χ0) is 12.4. The lowest BCUT2D eigenvalue weighted by atomic mass is 9.83. The number of hydrogen-bond donors (Lipinski definition) is 0. The third kappa shape index (κ3) is 6.83. The normalized spacial score (nSPS) is 14.5. The zero-order valence-electron chi connectivity index (χ0n) is 11.1. The zero-order valence-corrected chi connectivity index (χ0v) is 11.1. The highest BCUT2D eigenvalue weighted by atomic mass is 16.5. The average Bonchev–Trinajstić information content (AvgIpc) is 2.27.